The molecule has 4 heteroatoms. The van der Waals surface area contributed by atoms with Gasteiger partial charge in [-0.3, -0.25) is 5.10 Å². The van der Waals surface area contributed by atoms with Crippen LogP contribution in [0.4, 0.5) is 5.82 Å². The molecule has 3 rings (SSSR count). The molecule has 0 spiro atoms. The predicted molar refractivity (Wildman–Crippen MR) is 81.6 cm³/mol. The highest BCUT2D eigenvalue weighted by atomic mass is 79.9. The molecule has 0 amide bonds. The molecular weight excluding hydrogens is 302 g/mol. The second-order valence-electron chi connectivity index (χ2n) is 4.23. The highest BCUT2D eigenvalue weighted by Gasteiger charge is 2.14. The summed E-state index contributed by atoms with van der Waals surface area (Å²) in [7, 11) is 0. The molecule has 19 heavy (non-hydrogen) atoms. The second-order valence-corrected chi connectivity index (χ2v) is 5.15. The maximum absolute atomic E-state index is 5.99. The fourth-order valence-electron chi connectivity index (χ4n) is 2.08. The lowest BCUT2D eigenvalue weighted by Crippen LogP contribution is -1.88. The summed E-state index contributed by atoms with van der Waals surface area (Å²) in [5, 5.41) is 7.15. The molecule has 0 aliphatic rings. The van der Waals surface area contributed by atoms with Crippen molar-refractivity contribution in [2.75, 3.05) is 5.73 Å². The van der Waals surface area contributed by atoms with Crippen molar-refractivity contribution in [1.82, 2.24) is 10.2 Å². The summed E-state index contributed by atoms with van der Waals surface area (Å²) >= 11 is 3.44. The van der Waals surface area contributed by atoms with Gasteiger partial charge in [-0.15, -0.1) is 0 Å². The molecule has 0 aliphatic carbocycles. The number of rotatable bonds is 2. The van der Waals surface area contributed by atoms with E-state index < -0.39 is 0 Å². The summed E-state index contributed by atoms with van der Waals surface area (Å²) in [6.07, 6.45) is 0. The first-order valence-electron chi connectivity index (χ1n) is 5.91. The van der Waals surface area contributed by atoms with Gasteiger partial charge in [-0.2, -0.15) is 5.10 Å². The number of hydrogen-bond acceptors (Lipinski definition) is 2. The molecule has 3 nitrogen and oxygen atoms in total. The van der Waals surface area contributed by atoms with E-state index in [9.17, 15) is 0 Å². The number of anilines is 1. The number of nitrogens with one attached hydrogen (secondary N) is 1. The van der Waals surface area contributed by atoms with Crippen molar-refractivity contribution >= 4 is 21.7 Å². The largest absolute Gasteiger partial charge is 0.382 e. The number of hydrogen-bond donors (Lipinski definition) is 2. The van der Waals surface area contributed by atoms with E-state index in [0.717, 1.165) is 26.9 Å². The van der Waals surface area contributed by atoms with Gasteiger partial charge in [0.1, 0.15) is 0 Å². The Kier molecular flexibility index (Phi) is 3.09. The SMILES string of the molecule is Nc1n[nH]c(-c2ccccc2)c1-c1ccc(Br)cc1. The number of nitrogens with zero attached hydrogens (tertiary/aromatic N) is 1. The minimum absolute atomic E-state index is 0.515. The zero-order chi connectivity index (χ0) is 13.2. The zero-order valence-electron chi connectivity index (χ0n) is 10.1. The van der Waals surface area contributed by atoms with Crippen LogP contribution in [0.15, 0.2) is 59.1 Å². The lowest BCUT2D eigenvalue weighted by atomic mass is 10.0. The number of halogens is 1. The Balaban J connectivity index is 2.17. The number of nitrogen functional groups attached to an aromatic ring is 1. The van der Waals surface area contributed by atoms with E-state index in [1.807, 2.05) is 54.6 Å². The van der Waals surface area contributed by atoms with Gasteiger partial charge >= 0.3 is 0 Å². The van der Waals surface area contributed by atoms with E-state index in [1.165, 1.54) is 0 Å². The molecule has 0 radical (unpaired) electrons. The first kappa shape index (κ1) is 12.0. The summed E-state index contributed by atoms with van der Waals surface area (Å²) in [4.78, 5) is 0. The molecule has 94 valence electrons. The first-order chi connectivity index (χ1) is 9.25. The Hall–Kier alpha value is -2.07. The van der Waals surface area contributed by atoms with Crippen LogP contribution < -0.4 is 5.73 Å². The molecule has 1 heterocycles. The van der Waals surface area contributed by atoms with E-state index in [1.54, 1.807) is 0 Å². The van der Waals surface area contributed by atoms with Crippen molar-refractivity contribution in [1.29, 1.82) is 0 Å². The van der Waals surface area contributed by atoms with Crippen LogP contribution in [0.2, 0.25) is 0 Å². The molecule has 0 unspecified atom stereocenters. The van der Waals surface area contributed by atoms with Gasteiger partial charge in [0.05, 0.1) is 11.3 Å². The van der Waals surface area contributed by atoms with Gasteiger partial charge in [0, 0.05) is 10.0 Å². The summed E-state index contributed by atoms with van der Waals surface area (Å²) < 4.78 is 1.04. The van der Waals surface area contributed by atoms with E-state index in [-0.39, 0.29) is 0 Å². The fourth-order valence-corrected chi connectivity index (χ4v) is 2.34. The van der Waals surface area contributed by atoms with Gasteiger partial charge in [-0.25, -0.2) is 0 Å². The smallest absolute Gasteiger partial charge is 0.153 e. The monoisotopic (exact) mass is 313 g/mol. The minimum atomic E-state index is 0.515. The van der Waals surface area contributed by atoms with Gasteiger partial charge in [-0.1, -0.05) is 58.4 Å². The van der Waals surface area contributed by atoms with Gasteiger partial charge < -0.3 is 5.73 Å². The molecular formula is C15H12BrN3. The molecule has 0 bridgehead atoms. The van der Waals surface area contributed by atoms with Gasteiger partial charge in [0.25, 0.3) is 0 Å². The summed E-state index contributed by atoms with van der Waals surface area (Å²) in [5.41, 5.74) is 10.0. The third kappa shape index (κ3) is 2.27. The van der Waals surface area contributed by atoms with E-state index in [0.29, 0.717) is 5.82 Å². The number of aromatic nitrogens is 2. The normalized spacial score (nSPS) is 10.6. The van der Waals surface area contributed by atoms with Crippen LogP contribution >= 0.6 is 15.9 Å². The topological polar surface area (TPSA) is 54.7 Å². The Bertz CT molecular complexity index is 687. The van der Waals surface area contributed by atoms with Crippen LogP contribution in [0.5, 0.6) is 0 Å². The van der Waals surface area contributed by atoms with E-state index in [4.69, 9.17) is 5.73 Å². The van der Waals surface area contributed by atoms with Crippen LogP contribution in [0.3, 0.4) is 0 Å². The number of H-pyrrole nitrogens is 1. The average molecular weight is 314 g/mol. The maximum atomic E-state index is 5.99. The van der Waals surface area contributed by atoms with Crippen molar-refractivity contribution in [2.45, 2.75) is 0 Å². The van der Waals surface area contributed by atoms with Gasteiger partial charge in [0.15, 0.2) is 5.82 Å². The van der Waals surface area contributed by atoms with Crippen LogP contribution in [0, 0.1) is 0 Å². The van der Waals surface area contributed by atoms with Gasteiger partial charge in [-0.05, 0) is 17.7 Å². The summed E-state index contributed by atoms with van der Waals surface area (Å²) in [6, 6.07) is 18.1. The zero-order valence-corrected chi connectivity index (χ0v) is 11.7. The Labute approximate surface area is 119 Å². The molecule has 0 saturated heterocycles. The highest BCUT2D eigenvalue weighted by Crippen LogP contribution is 2.34. The summed E-state index contributed by atoms with van der Waals surface area (Å²) in [6.45, 7) is 0. The summed E-state index contributed by atoms with van der Waals surface area (Å²) in [5.74, 6) is 0.515. The fraction of sp³-hybridized carbons (Fsp3) is 0. The van der Waals surface area contributed by atoms with Crippen LogP contribution in [0.25, 0.3) is 22.4 Å². The number of nitrogens with two attached hydrogens (primary N) is 1. The van der Waals surface area contributed by atoms with Crippen molar-refractivity contribution < 1.29 is 0 Å². The van der Waals surface area contributed by atoms with Crippen molar-refractivity contribution in [3.63, 3.8) is 0 Å². The quantitative estimate of drug-likeness (QED) is 0.748. The molecule has 2 aromatic carbocycles. The molecule has 0 atom stereocenters. The van der Waals surface area contributed by atoms with Crippen molar-refractivity contribution in [3.8, 4) is 22.4 Å². The Morgan fingerprint density at radius 2 is 1.58 bits per heavy atom. The van der Waals surface area contributed by atoms with Crippen molar-refractivity contribution in [2.24, 2.45) is 0 Å². The molecule has 0 saturated carbocycles. The highest BCUT2D eigenvalue weighted by molar-refractivity contribution is 9.10. The van der Waals surface area contributed by atoms with E-state index >= 15 is 0 Å². The maximum Gasteiger partial charge on any atom is 0.153 e. The van der Waals surface area contributed by atoms with Gasteiger partial charge in [0.2, 0.25) is 0 Å². The van der Waals surface area contributed by atoms with E-state index in [2.05, 4.69) is 26.1 Å². The predicted octanol–water partition coefficient (Wildman–Crippen LogP) is 4.09. The molecule has 0 aliphatic heterocycles. The van der Waals surface area contributed by atoms with Crippen LogP contribution in [-0.2, 0) is 0 Å². The Morgan fingerprint density at radius 3 is 2.26 bits per heavy atom. The molecule has 0 fully saturated rings. The third-order valence-corrected chi connectivity index (χ3v) is 3.52. The third-order valence-electron chi connectivity index (χ3n) is 2.99. The van der Waals surface area contributed by atoms with Crippen molar-refractivity contribution in [3.05, 3.63) is 59.1 Å². The minimum Gasteiger partial charge on any atom is -0.382 e. The number of aromatic amines is 1. The standard InChI is InChI=1S/C15H12BrN3/c16-12-8-6-10(7-9-12)13-14(18-19-15(13)17)11-4-2-1-3-5-11/h1-9H,(H3,17,18,19). The lowest BCUT2D eigenvalue weighted by Gasteiger charge is -2.05. The molecule has 3 aromatic rings. The Morgan fingerprint density at radius 1 is 0.895 bits per heavy atom. The molecule has 1 aromatic heterocycles. The van der Waals surface area contributed by atoms with Crippen LogP contribution in [-0.4, -0.2) is 10.2 Å². The van der Waals surface area contributed by atoms with Crippen LogP contribution in [0.1, 0.15) is 0 Å². The number of benzene rings is 2. The lowest BCUT2D eigenvalue weighted by molar-refractivity contribution is 1.10. The molecule has 3 N–H and O–H groups in total. The first-order valence-corrected chi connectivity index (χ1v) is 6.70. The second kappa shape index (κ2) is 4.90. The average Bonchev–Trinajstić information content (AvgIpc) is 2.83.